The van der Waals surface area contributed by atoms with Gasteiger partial charge in [0.25, 0.3) is 0 Å². The fourth-order valence-corrected chi connectivity index (χ4v) is 1.20. The number of hydrogen-bond donors (Lipinski definition) is 0. The van der Waals surface area contributed by atoms with Crippen molar-refractivity contribution in [1.82, 2.24) is 0 Å². The zero-order valence-corrected chi connectivity index (χ0v) is 12.7. The maximum atomic E-state index is 5.61. The Morgan fingerprint density at radius 3 is 2.11 bits per heavy atom. The molecule has 0 unspecified atom stereocenters. The molecule has 102 valence electrons. The van der Waals surface area contributed by atoms with Gasteiger partial charge in [0.1, 0.15) is 5.60 Å². The summed E-state index contributed by atoms with van der Waals surface area (Å²) in [5, 5.41) is 0. The van der Waals surface area contributed by atoms with Crippen molar-refractivity contribution in [2.75, 3.05) is 0 Å². The SMILES string of the molecule is CC(C)c1cccc(OOC(C)(C)C(C)(C)C)c1. The summed E-state index contributed by atoms with van der Waals surface area (Å²) in [5.41, 5.74) is 0.924. The summed E-state index contributed by atoms with van der Waals surface area (Å²) in [7, 11) is 0. The minimum atomic E-state index is -0.346. The van der Waals surface area contributed by atoms with Gasteiger partial charge in [0, 0.05) is 0 Å². The first kappa shape index (κ1) is 15.0. The Morgan fingerprint density at radius 1 is 1.00 bits per heavy atom. The quantitative estimate of drug-likeness (QED) is 0.556. The third-order valence-corrected chi connectivity index (χ3v) is 3.68. The van der Waals surface area contributed by atoms with E-state index in [-0.39, 0.29) is 11.0 Å². The highest BCUT2D eigenvalue weighted by Crippen LogP contribution is 2.33. The Balaban J connectivity index is 2.72. The Labute approximate surface area is 111 Å². The van der Waals surface area contributed by atoms with Gasteiger partial charge >= 0.3 is 0 Å². The second-order valence-electron chi connectivity index (χ2n) is 6.65. The highest BCUT2D eigenvalue weighted by Gasteiger charge is 2.35. The van der Waals surface area contributed by atoms with E-state index in [9.17, 15) is 0 Å². The number of benzene rings is 1. The fraction of sp³-hybridized carbons (Fsp3) is 0.625. The normalized spacial score (nSPS) is 12.9. The molecular formula is C16H26O2. The summed E-state index contributed by atoms with van der Waals surface area (Å²) in [6.45, 7) is 14.8. The van der Waals surface area contributed by atoms with Crippen molar-refractivity contribution in [1.29, 1.82) is 0 Å². The molecule has 2 nitrogen and oxygen atoms in total. The molecule has 0 atom stereocenters. The monoisotopic (exact) mass is 250 g/mol. The van der Waals surface area contributed by atoms with E-state index >= 15 is 0 Å². The second kappa shape index (κ2) is 5.31. The summed E-state index contributed by atoms with van der Waals surface area (Å²) < 4.78 is 0. The largest absolute Gasteiger partial charge is 0.337 e. The van der Waals surface area contributed by atoms with Crippen LogP contribution in [-0.4, -0.2) is 5.60 Å². The predicted molar refractivity (Wildman–Crippen MR) is 75.8 cm³/mol. The smallest absolute Gasteiger partial charge is 0.165 e. The molecule has 0 bridgehead atoms. The number of rotatable bonds is 4. The van der Waals surface area contributed by atoms with Gasteiger partial charge in [-0.1, -0.05) is 46.8 Å². The molecule has 0 fully saturated rings. The Bertz CT molecular complexity index is 386. The van der Waals surface area contributed by atoms with Crippen LogP contribution in [0, 0.1) is 5.41 Å². The van der Waals surface area contributed by atoms with Gasteiger partial charge < -0.3 is 4.89 Å². The maximum absolute atomic E-state index is 5.61. The Morgan fingerprint density at radius 2 is 1.61 bits per heavy atom. The predicted octanol–water partition coefficient (Wildman–Crippen LogP) is 4.95. The van der Waals surface area contributed by atoms with E-state index in [1.54, 1.807) is 0 Å². The average molecular weight is 250 g/mol. The minimum Gasteiger partial charge on any atom is -0.337 e. The van der Waals surface area contributed by atoms with Crippen molar-refractivity contribution >= 4 is 0 Å². The van der Waals surface area contributed by atoms with E-state index < -0.39 is 0 Å². The molecule has 18 heavy (non-hydrogen) atoms. The first-order valence-corrected chi connectivity index (χ1v) is 6.59. The van der Waals surface area contributed by atoms with Crippen LogP contribution in [0.5, 0.6) is 5.75 Å². The van der Waals surface area contributed by atoms with Gasteiger partial charge in [0.2, 0.25) is 0 Å². The maximum Gasteiger partial charge on any atom is 0.165 e. The molecule has 0 spiro atoms. The molecule has 1 aromatic rings. The van der Waals surface area contributed by atoms with Crippen molar-refractivity contribution in [2.24, 2.45) is 5.41 Å². The van der Waals surface area contributed by atoms with Gasteiger partial charge in [-0.2, -0.15) is 4.89 Å². The molecule has 0 aliphatic carbocycles. The van der Waals surface area contributed by atoms with Crippen LogP contribution in [0.2, 0.25) is 0 Å². The molecule has 0 saturated carbocycles. The van der Waals surface area contributed by atoms with Gasteiger partial charge in [0.15, 0.2) is 5.75 Å². The molecule has 0 aliphatic heterocycles. The first-order valence-electron chi connectivity index (χ1n) is 6.59. The van der Waals surface area contributed by atoms with Crippen molar-refractivity contribution in [3.63, 3.8) is 0 Å². The van der Waals surface area contributed by atoms with Crippen molar-refractivity contribution in [3.8, 4) is 5.75 Å². The van der Waals surface area contributed by atoms with E-state index in [2.05, 4.69) is 40.7 Å². The fourth-order valence-electron chi connectivity index (χ4n) is 1.20. The third kappa shape index (κ3) is 3.74. The average Bonchev–Trinajstić information content (AvgIpc) is 2.25. The molecule has 0 saturated heterocycles. The Kier molecular flexibility index (Phi) is 4.44. The van der Waals surface area contributed by atoms with Crippen LogP contribution in [0.15, 0.2) is 24.3 Å². The van der Waals surface area contributed by atoms with Gasteiger partial charge in [-0.05, 0) is 42.9 Å². The van der Waals surface area contributed by atoms with Crippen LogP contribution in [-0.2, 0) is 4.89 Å². The summed E-state index contributed by atoms with van der Waals surface area (Å²) in [6.07, 6.45) is 0. The molecule has 1 aromatic carbocycles. The van der Waals surface area contributed by atoms with Crippen LogP contribution in [0.4, 0.5) is 0 Å². The molecule has 0 radical (unpaired) electrons. The van der Waals surface area contributed by atoms with E-state index in [1.807, 2.05) is 32.0 Å². The Hall–Kier alpha value is -1.02. The van der Waals surface area contributed by atoms with Crippen LogP contribution < -0.4 is 4.89 Å². The van der Waals surface area contributed by atoms with Crippen molar-refractivity contribution in [2.45, 2.75) is 60.0 Å². The lowest BCUT2D eigenvalue weighted by Gasteiger charge is -2.36. The molecule has 0 aromatic heterocycles. The summed E-state index contributed by atoms with van der Waals surface area (Å²) in [5.74, 6) is 1.25. The summed E-state index contributed by atoms with van der Waals surface area (Å²) in [6, 6.07) is 8.05. The van der Waals surface area contributed by atoms with Gasteiger partial charge in [-0.3, -0.25) is 0 Å². The van der Waals surface area contributed by atoms with Crippen LogP contribution in [0.25, 0.3) is 0 Å². The lowest BCUT2D eigenvalue weighted by Crippen LogP contribution is -2.40. The third-order valence-electron chi connectivity index (χ3n) is 3.68. The van der Waals surface area contributed by atoms with E-state index in [0.29, 0.717) is 5.92 Å². The standard InChI is InChI=1S/C16H26O2/c1-12(2)13-9-8-10-14(11-13)17-18-16(6,7)15(3,4)5/h8-12H,1-7H3. The van der Waals surface area contributed by atoms with Gasteiger partial charge in [0.05, 0.1) is 0 Å². The lowest BCUT2D eigenvalue weighted by molar-refractivity contribution is -0.308. The zero-order chi connectivity index (χ0) is 14.0. The van der Waals surface area contributed by atoms with Crippen molar-refractivity contribution in [3.05, 3.63) is 29.8 Å². The van der Waals surface area contributed by atoms with E-state index in [0.717, 1.165) is 5.75 Å². The molecule has 0 amide bonds. The van der Waals surface area contributed by atoms with Crippen molar-refractivity contribution < 1.29 is 9.78 Å². The van der Waals surface area contributed by atoms with Gasteiger partial charge in [-0.15, -0.1) is 0 Å². The van der Waals surface area contributed by atoms with Crippen LogP contribution in [0.1, 0.15) is 59.9 Å². The van der Waals surface area contributed by atoms with Crippen LogP contribution in [0.3, 0.4) is 0 Å². The molecular weight excluding hydrogens is 224 g/mol. The number of hydrogen-bond acceptors (Lipinski definition) is 2. The molecule has 0 heterocycles. The molecule has 0 aliphatic rings. The minimum absolute atomic E-state index is 0.0165. The highest BCUT2D eigenvalue weighted by atomic mass is 17.2. The van der Waals surface area contributed by atoms with E-state index in [4.69, 9.17) is 9.78 Å². The summed E-state index contributed by atoms with van der Waals surface area (Å²) >= 11 is 0. The molecule has 0 N–H and O–H groups in total. The lowest BCUT2D eigenvalue weighted by atomic mass is 9.79. The summed E-state index contributed by atoms with van der Waals surface area (Å²) in [4.78, 5) is 11.1. The highest BCUT2D eigenvalue weighted by molar-refractivity contribution is 5.29. The molecule has 1 rings (SSSR count). The molecule has 2 heteroatoms. The van der Waals surface area contributed by atoms with Gasteiger partial charge in [-0.25, -0.2) is 0 Å². The topological polar surface area (TPSA) is 18.5 Å². The van der Waals surface area contributed by atoms with Crippen LogP contribution >= 0.6 is 0 Å². The first-order chi connectivity index (χ1) is 8.13. The van der Waals surface area contributed by atoms with E-state index in [1.165, 1.54) is 5.56 Å². The zero-order valence-electron chi connectivity index (χ0n) is 12.7. The second-order valence-corrected chi connectivity index (χ2v) is 6.65.